The predicted octanol–water partition coefficient (Wildman–Crippen LogP) is -0.115. The number of morpholine rings is 1. The number of ether oxygens (including phenoxy) is 2. The fraction of sp³-hybridized carbons (Fsp3) is 0.600. The summed E-state index contributed by atoms with van der Waals surface area (Å²) >= 11 is 0. The molecule has 0 spiro atoms. The second kappa shape index (κ2) is 5.62. The fourth-order valence-electron chi connectivity index (χ4n) is 1.50. The van der Waals surface area contributed by atoms with Crippen molar-refractivity contribution in [3.8, 4) is 5.88 Å². The van der Waals surface area contributed by atoms with Crippen molar-refractivity contribution < 1.29 is 9.47 Å². The van der Waals surface area contributed by atoms with Gasteiger partial charge in [0.25, 0.3) is 0 Å². The minimum absolute atomic E-state index is 0.170. The molecule has 2 rings (SSSR count). The molecule has 1 fully saturated rings. The molecule has 2 heterocycles. The Morgan fingerprint density at radius 3 is 3.38 bits per heavy atom. The highest BCUT2D eigenvalue weighted by Crippen LogP contribution is 2.07. The first-order valence-electron chi connectivity index (χ1n) is 5.31. The number of aromatic nitrogens is 2. The van der Waals surface area contributed by atoms with Gasteiger partial charge in [0.05, 0.1) is 19.8 Å². The van der Waals surface area contributed by atoms with E-state index in [1.54, 1.807) is 19.4 Å². The Kier molecular flexibility index (Phi) is 3.90. The van der Waals surface area contributed by atoms with Gasteiger partial charge < -0.3 is 20.1 Å². The maximum Gasteiger partial charge on any atom is 0.226 e. The van der Waals surface area contributed by atoms with Crippen LogP contribution in [0.4, 0.5) is 5.95 Å². The summed E-state index contributed by atoms with van der Waals surface area (Å²) in [6.45, 7) is 3.23. The van der Waals surface area contributed by atoms with Crippen molar-refractivity contribution in [2.45, 2.75) is 6.10 Å². The summed E-state index contributed by atoms with van der Waals surface area (Å²) in [5, 5.41) is 6.38. The van der Waals surface area contributed by atoms with Crippen LogP contribution in [0.5, 0.6) is 5.88 Å². The first-order chi connectivity index (χ1) is 7.88. The molecule has 16 heavy (non-hydrogen) atoms. The van der Waals surface area contributed by atoms with E-state index in [1.165, 1.54) is 0 Å². The van der Waals surface area contributed by atoms with Gasteiger partial charge in [0.1, 0.15) is 0 Å². The zero-order valence-electron chi connectivity index (χ0n) is 9.27. The van der Waals surface area contributed by atoms with Gasteiger partial charge >= 0.3 is 0 Å². The molecule has 6 nitrogen and oxygen atoms in total. The molecule has 1 aromatic heterocycles. The summed E-state index contributed by atoms with van der Waals surface area (Å²) in [4.78, 5) is 8.25. The third kappa shape index (κ3) is 3.04. The third-order valence-electron chi connectivity index (χ3n) is 2.33. The van der Waals surface area contributed by atoms with Crippen LogP contribution < -0.4 is 15.4 Å². The quantitative estimate of drug-likeness (QED) is 0.743. The number of hydrogen-bond acceptors (Lipinski definition) is 6. The largest absolute Gasteiger partial charge is 0.481 e. The van der Waals surface area contributed by atoms with Crippen LogP contribution in [0.15, 0.2) is 12.3 Å². The van der Waals surface area contributed by atoms with Gasteiger partial charge in [-0.2, -0.15) is 4.98 Å². The summed E-state index contributed by atoms with van der Waals surface area (Å²) in [5.74, 6) is 1.12. The van der Waals surface area contributed by atoms with Gasteiger partial charge in [-0.3, -0.25) is 0 Å². The SMILES string of the molecule is COc1ccnc(NC[C@@H]2CNCCO2)n1. The Bertz CT molecular complexity index is 328. The standard InChI is InChI=1S/C10H16N4O2/c1-15-9-2-3-12-10(14-9)13-7-8-6-11-4-5-16-8/h2-3,8,11H,4-7H2,1H3,(H,12,13,14)/t8-/m0/s1. The zero-order valence-corrected chi connectivity index (χ0v) is 9.27. The number of rotatable bonds is 4. The molecule has 88 valence electrons. The Balaban J connectivity index is 1.83. The maximum absolute atomic E-state index is 5.54. The average molecular weight is 224 g/mol. The van der Waals surface area contributed by atoms with E-state index in [0.717, 1.165) is 19.7 Å². The molecule has 0 amide bonds. The Morgan fingerprint density at radius 2 is 2.62 bits per heavy atom. The van der Waals surface area contributed by atoms with Crippen molar-refractivity contribution in [3.05, 3.63) is 12.3 Å². The van der Waals surface area contributed by atoms with Gasteiger partial charge in [0, 0.05) is 31.9 Å². The van der Waals surface area contributed by atoms with E-state index in [1.807, 2.05) is 0 Å². The minimum atomic E-state index is 0.170. The van der Waals surface area contributed by atoms with E-state index in [4.69, 9.17) is 9.47 Å². The van der Waals surface area contributed by atoms with Gasteiger partial charge in [0.15, 0.2) is 0 Å². The van der Waals surface area contributed by atoms with Crippen LogP contribution in [-0.4, -0.2) is 49.4 Å². The van der Waals surface area contributed by atoms with Crippen LogP contribution in [0.2, 0.25) is 0 Å². The molecule has 1 aliphatic heterocycles. The molecule has 0 saturated carbocycles. The lowest BCUT2D eigenvalue weighted by molar-refractivity contribution is 0.0371. The lowest BCUT2D eigenvalue weighted by Crippen LogP contribution is -2.42. The topological polar surface area (TPSA) is 68.3 Å². The molecular weight excluding hydrogens is 208 g/mol. The average Bonchev–Trinajstić information content (AvgIpc) is 2.38. The summed E-state index contributed by atoms with van der Waals surface area (Å²) in [6, 6.07) is 1.71. The lowest BCUT2D eigenvalue weighted by atomic mass is 10.3. The van der Waals surface area contributed by atoms with Crippen molar-refractivity contribution in [1.82, 2.24) is 15.3 Å². The number of nitrogens with zero attached hydrogens (tertiary/aromatic N) is 2. The van der Waals surface area contributed by atoms with Crippen LogP contribution >= 0.6 is 0 Å². The van der Waals surface area contributed by atoms with E-state index in [2.05, 4.69) is 20.6 Å². The van der Waals surface area contributed by atoms with Gasteiger partial charge in [-0.15, -0.1) is 0 Å². The van der Waals surface area contributed by atoms with Crippen LogP contribution in [0.25, 0.3) is 0 Å². The number of hydrogen-bond donors (Lipinski definition) is 2. The molecule has 1 aromatic rings. The molecule has 0 aliphatic carbocycles. The van der Waals surface area contributed by atoms with Crippen molar-refractivity contribution >= 4 is 5.95 Å². The number of methoxy groups -OCH3 is 1. The smallest absolute Gasteiger partial charge is 0.226 e. The van der Waals surface area contributed by atoms with Crippen LogP contribution in [0.3, 0.4) is 0 Å². The normalized spacial score (nSPS) is 20.4. The summed E-state index contributed by atoms with van der Waals surface area (Å²) < 4.78 is 10.6. The molecule has 6 heteroatoms. The van der Waals surface area contributed by atoms with E-state index in [-0.39, 0.29) is 6.10 Å². The third-order valence-corrected chi connectivity index (χ3v) is 2.33. The van der Waals surface area contributed by atoms with Crippen LogP contribution in [-0.2, 0) is 4.74 Å². The molecule has 0 bridgehead atoms. The Morgan fingerprint density at radius 1 is 1.69 bits per heavy atom. The van der Waals surface area contributed by atoms with E-state index in [9.17, 15) is 0 Å². The van der Waals surface area contributed by atoms with Crippen molar-refractivity contribution in [2.24, 2.45) is 0 Å². The van der Waals surface area contributed by atoms with Crippen LogP contribution in [0.1, 0.15) is 0 Å². The first kappa shape index (κ1) is 11.1. The Labute approximate surface area is 94.4 Å². The highest BCUT2D eigenvalue weighted by molar-refractivity contribution is 5.27. The maximum atomic E-state index is 5.54. The zero-order chi connectivity index (χ0) is 11.2. The lowest BCUT2D eigenvalue weighted by Gasteiger charge is -2.23. The van der Waals surface area contributed by atoms with Gasteiger partial charge in [-0.25, -0.2) is 4.98 Å². The van der Waals surface area contributed by atoms with Crippen molar-refractivity contribution in [2.75, 3.05) is 38.7 Å². The predicted molar refractivity (Wildman–Crippen MR) is 59.7 cm³/mol. The second-order valence-corrected chi connectivity index (χ2v) is 3.50. The fourth-order valence-corrected chi connectivity index (χ4v) is 1.50. The van der Waals surface area contributed by atoms with E-state index < -0.39 is 0 Å². The van der Waals surface area contributed by atoms with Crippen LogP contribution in [0, 0.1) is 0 Å². The molecule has 2 N–H and O–H groups in total. The highest BCUT2D eigenvalue weighted by atomic mass is 16.5. The van der Waals surface area contributed by atoms with E-state index >= 15 is 0 Å². The molecular formula is C10H16N4O2. The first-order valence-corrected chi connectivity index (χ1v) is 5.31. The summed E-state index contributed by atoms with van der Waals surface area (Å²) in [6.07, 6.45) is 1.83. The molecule has 0 aromatic carbocycles. The monoisotopic (exact) mass is 224 g/mol. The summed E-state index contributed by atoms with van der Waals surface area (Å²) in [5.41, 5.74) is 0. The summed E-state index contributed by atoms with van der Waals surface area (Å²) in [7, 11) is 1.58. The Hall–Kier alpha value is -1.40. The molecule has 1 aliphatic rings. The molecule has 0 unspecified atom stereocenters. The van der Waals surface area contributed by atoms with Gasteiger partial charge in [0.2, 0.25) is 11.8 Å². The highest BCUT2D eigenvalue weighted by Gasteiger charge is 2.13. The molecule has 0 radical (unpaired) electrons. The second-order valence-electron chi connectivity index (χ2n) is 3.50. The van der Waals surface area contributed by atoms with Crippen molar-refractivity contribution in [1.29, 1.82) is 0 Å². The number of nitrogens with one attached hydrogen (secondary N) is 2. The van der Waals surface area contributed by atoms with Crippen molar-refractivity contribution in [3.63, 3.8) is 0 Å². The van der Waals surface area contributed by atoms with Gasteiger partial charge in [-0.05, 0) is 0 Å². The molecule has 1 saturated heterocycles. The number of anilines is 1. The van der Waals surface area contributed by atoms with Gasteiger partial charge in [-0.1, -0.05) is 0 Å². The van der Waals surface area contributed by atoms with E-state index in [0.29, 0.717) is 18.4 Å². The molecule has 1 atom stereocenters. The minimum Gasteiger partial charge on any atom is -0.481 e.